The Bertz CT molecular complexity index is 499. The zero-order chi connectivity index (χ0) is 20.6. The molecular weight excluding hydrogens is 346 g/mol. The van der Waals surface area contributed by atoms with Crippen LogP contribution in [0, 0.1) is 0 Å². The lowest BCUT2D eigenvalue weighted by Crippen LogP contribution is -2.54. The van der Waals surface area contributed by atoms with E-state index in [-0.39, 0.29) is 6.42 Å². The number of hydrogen-bond donors (Lipinski definition) is 7. The van der Waals surface area contributed by atoms with Crippen LogP contribution in [0.2, 0.25) is 0 Å². The van der Waals surface area contributed by atoms with Crippen molar-refractivity contribution in [3.05, 3.63) is 0 Å². The SMILES string of the molecule is C[N+](C)(C)CC(O)CC(=O)O.O=C(O)CC(O)(C(=O)O)C(O)C(=O)O. The fourth-order valence-corrected chi connectivity index (χ4v) is 1.62. The molecule has 0 saturated carbocycles. The lowest BCUT2D eigenvalue weighted by molar-refractivity contribution is -0.873. The minimum absolute atomic E-state index is 0.171. The molecule has 0 fully saturated rings. The molecule has 0 rings (SSSR count). The fourth-order valence-electron chi connectivity index (χ4n) is 1.62. The lowest BCUT2D eigenvalue weighted by Gasteiger charge is -2.25. The summed E-state index contributed by atoms with van der Waals surface area (Å²) in [6.07, 6.45) is -5.02. The molecule has 0 amide bonds. The molecule has 12 nitrogen and oxygen atoms in total. The van der Waals surface area contributed by atoms with E-state index in [0.29, 0.717) is 11.0 Å². The Morgan fingerprint density at radius 3 is 1.60 bits per heavy atom. The average Bonchev–Trinajstić information content (AvgIpc) is 2.33. The lowest BCUT2D eigenvalue weighted by atomic mass is 9.93. The number of carboxylic acids is 4. The Kier molecular flexibility index (Phi) is 9.87. The van der Waals surface area contributed by atoms with Crippen molar-refractivity contribution in [1.29, 1.82) is 0 Å². The van der Waals surface area contributed by atoms with Crippen molar-refractivity contribution < 1.29 is 59.4 Å². The van der Waals surface area contributed by atoms with Gasteiger partial charge in [-0.3, -0.25) is 9.59 Å². The minimum Gasteiger partial charge on any atom is -0.481 e. The summed E-state index contributed by atoms with van der Waals surface area (Å²) in [6.45, 7) is 0.465. The predicted octanol–water partition coefficient (Wildman–Crippen LogP) is -2.75. The van der Waals surface area contributed by atoms with Crippen LogP contribution in [0.4, 0.5) is 0 Å². The first kappa shape index (κ1) is 25.0. The van der Waals surface area contributed by atoms with E-state index in [2.05, 4.69) is 0 Å². The summed E-state index contributed by atoms with van der Waals surface area (Å²) >= 11 is 0. The van der Waals surface area contributed by atoms with Gasteiger partial charge < -0.3 is 40.2 Å². The van der Waals surface area contributed by atoms with E-state index in [1.54, 1.807) is 0 Å². The van der Waals surface area contributed by atoms with Gasteiger partial charge in [-0.25, -0.2) is 9.59 Å². The molecule has 0 heterocycles. The van der Waals surface area contributed by atoms with Gasteiger partial charge in [-0.15, -0.1) is 0 Å². The quantitative estimate of drug-likeness (QED) is 0.207. The number of aliphatic carboxylic acids is 4. The van der Waals surface area contributed by atoms with Crippen LogP contribution in [0.3, 0.4) is 0 Å². The maximum Gasteiger partial charge on any atom is 0.339 e. The van der Waals surface area contributed by atoms with Gasteiger partial charge in [-0.1, -0.05) is 0 Å². The number of carboxylic acid groups (broad SMARTS) is 4. The molecule has 0 radical (unpaired) electrons. The number of nitrogens with zero attached hydrogens (tertiary/aromatic N) is 1. The fraction of sp³-hybridized carbons (Fsp3) is 0.692. The summed E-state index contributed by atoms with van der Waals surface area (Å²) in [4.78, 5) is 40.8. The number of rotatable bonds is 9. The molecule has 7 N–H and O–H groups in total. The van der Waals surface area contributed by atoms with Gasteiger partial charge in [0.15, 0.2) is 6.10 Å². The van der Waals surface area contributed by atoms with Crippen LogP contribution < -0.4 is 0 Å². The molecule has 0 aliphatic rings. The van der Waals surface area contributed by atoms with Crippen molar-refractivity contribution >= 4 is 23.9 Å². The maximum absolute atomic E-state index is 10.4. The van der Waals surface area contributed by atoms with E-state index in [0.717, 1.165) is 0 Å². The predicted molar refractivity (Wildman–Crippen MR) is 79.6 cm³/mol. The summed E-state index contributed by atoms with van der Waals surface area (Å²) in [5.74, 6) is -6.83. The second kappa shape index (κ2) is 9.88. The molecule has 0 aromatic rings. The molecule has 0 aliphatic carbocycles. The molecule has 146 valence electrons. The summed E-state index contributed by atoms with van der Waals surface area (Å²) in [6, 6.07) is 0. The Morgan fingerprint density at radius 2 is 1.36 bits per heavy atom. The molecule has 0 aromatic carbocycles. The van der Waals surface area contributed by atoms with Crippen LogP contribution in [0.15, 0.2) is 0 Å². The number of likely N-dealkylation sites (N-methyl/N-ethyl adjacent to an activating group) is 1. The van der Waals surface area contributed by atoms with Crippen LogP contribution in [-0.4, -0.2) is 110 Å². The van der Waals surface area contributed by atoms with Crippen LogP contribution in [0.1, 0.15) is 12.8 Å². The van der Waals surface area contributed by atoms with E-state index >= 15 is 0 Å². The average molecular weight is 370 g/mol. The van der Waals surface area contributed by atoms with Gasteiger partial charge in [0, 0.05) is 0 Å². The van der Waals surface area contributed by atoms with Gasteiger partial charge in [0.25, 0.3) is 0 Å². The topological polar surface area (TPSA) is 210 Å². The van der Waals surface area contributed by atoms with Crippen molar-refractivity contribution in [3.63, 3.8) is 0 Å². The molecule has 12 heteroatoms. The highest BCUT2D eigenvalue weighted by atomic mass is 16.4. The highest BCUT2D eigenvalue weighted by Gasteiger charge is 2.49. The number of aliphatic hydroxyl groups is 3. The number of carbonyl (C=O) groups is 4. The number of hydrogen-bond acceptors (Lipinski definition) is 7. The van der Waals surface area contributed by atoms with Crippen LogP contribution >= 0.6 is 0 Å². The molecule has 3 atom stereocenters. The highest BCUT2D eigenvalue weighted by Crippen LogP contribution is 2.16. The van der Waals surface area contributed by atoms with E-state index in [1.807, 2.05) is 21.1 Å². The van der Waals surface area contributed by atoms with Crippen molar-refractivity contribution in [1.82, 2.24) is 0 Å². The van der Waals surface area contributed by atoms with Crippen molar-refractivity contribution in [2.24, 2.45) is 0 Å². The second-order valence-corrected chi connectivity index (χ2v) is 6.27. The van der Waals surface area contributed by atoms with E-state index in [9.17, 15) is 19.2 Å². The van der Waals surface area contributed by atoms with Gasteiger partial charge in [0.1, 0.15) is 12.6 Å². The number of quaternary nitrogens is 1. The van der Waals surface area contributed by atoms with Crippen molar-refractivity contribution in [2.75, 3.05) is 27.7 Å². The van der Waals surface area contributed by atoms with Gasteiger partial charge in [0.2, 0.25) is 5.60 Å². The van der Waals surface area contributed by atoms with Crippen LogP contribution in [0.25, 0.3) is 0 Å². The number of aliphatic hydroxyl groups excluding tert-OH is 2. The molecular formula is C13H24NO11+. The summed E-state index contributed by atoms with van der Waals surface area (Å²) in [7, 11) is 5.72. The monoisotopic (exact) mass is 370 g/mol. The minimum atomic E-state index is -3.22. The molecule has 0 aromatic heterocycles. The Morgan fingerprint density at radius 1 is 0.920 bits per heavy atom. The molecule has 25 heavy (non-hydrogen) atoms. The highest BCUT2D eigenvalue weighted by molar-refractivity contribution is 5.90. The van der Waals surface area contributed by atoms with Gasteiger partial charge in [-0.05, 0) is 0 Å². The summed E-state index contributed by atoms with van der Waals surface area (Å²) in [5.41, 5.74) is -3.22. The second-order valence-electron chi connectivity index (χ2n) is 6.27. The Hall–Kier alpha value is -2.28. The summed E-state index contributed by atoms with van der Waals surface area (Å²) in [5, 5.41) is 60.1. The third-order valence-corrected chi connectivity index (χ3v) is 2.65. The largest absolute Gasteiger partial charge is 0.481 e. The third-order valence-electron chi connectivity index (χ3n) is 2.65. The smallest absolute Gasteiger partial charge is 0.339 e. The first-order valence-corrected chi connectivity index (χ1v) is 6.81. The zero-order valence-electron chi connectivity index (χ0n) is 14.0. The zero-order valence-corrected chi connectivity index (χ0v) is 14.0. The molecule has 0 saturated heterocycles. The van der Waals surface area contributed by atoms with Crippen molar-refractivity contribution in [3.8, 4) is 0 Å². The maximum atomic E-state index is 10.4. The normalized spacial score (nSPS) is 15.8. The third kappa shape index (κ3) is 11.0. The molecule has 0 bridgehead atoms. The first-order chi connectivity index (χ1) is 11.0. The van der Waals surface area contributed by atoms with Gasteiger partial charge >= 0.3 is 23.9 Å². The van der Waals surface area contributed by atoms with E-state index in [4.69, 9.17) is 35.7 Å². The Labute approximate surface area is 142 Å². The van der Waals surface area contributed by atoms with E-state index < -0.39 is 48.1 Å². The molecule has 3 unspecified atom stereocenters. The first-order valence-electron chi connectivity index (χ1n) is 6.81. The van der Waals surface area contributed by atoms with Gasteiger partial charge in [0.05, 0.1) is 34.0 Å². The Balaban J connectivity index is 0. The van der Waals surface area contributed by atoms with Crippen LogP contribution in [0.5, 0.6) is 0 Å². The van der Waals surface area contributed by atoms with Crippen molar-refractivity contribution in [2.45, 2.75) is 30.7 Å². The molecule has 0 spiro atoms. The van der Waals surface area contributed by atoms with Crippen LogP contribution in [-0.2, 0) is 19.2 Å². The standard InChI is InChI=1S/C7H15NO3.C6H8O8/c1-8(2,3)5-6(9)4-7(10)11;7-2(8)1-6(14,5(12)13)3(9)4(10)11/h6,9H,4-5H2,1-3H3;3,9,14H,1H2,(H,7,8)(H,10,11)(H,12,13)/p+1. The van der Waals surface area contributed by atoms with Gasteiger partial charge in [-0.2, -0.15) is 0 Å². The molecule has 0 aliphatic heterocycles. The summed E-state index contributed by atoms with van der Waals surface area (Å²) < 4.78 is 0.578. The van der Waals surface area contributed by atoms with E-state index in [1.165, 1.54) is 0 Å².